The summed E-state index contributed by atoms with van der Waals surface area (Å²) < 4.78 is 1.71. The van der Waals surface area contributed by atoms with E-state index in [4.69, 9.17) is 16.7 Å². The summed E-state index contributed by atoms with van der Waals surface area (Å²) in [4.78, 5) is 4.17. The van der Waals surface area contributed by atoms with Crippen molar-refractivity contribution in [3.8, 4) is 0 Å². The van der Waals surface area contributed by atoms with E-state index in [0.29, 0.717) is 18.2 Å². The van der Waals surface area contributed by atoms with Crippen LogP contribution in [0.15, 0.2) is 24.5 Å². The van der Waals surface area contributed by atoms with Crippen LogP contribution in [0.25, 0.3) is 0 Å². The molecule has 0 fully saturated rings. The fourth-order valence-electron chi connectivity index (χ4n) is 1.64. The Hall–Kier alpha value is -1.59. The lowest BCUT2D eigenvalue weighted by molar-refractivity contribution is 0.269. The van der Waals surface area contributed by atoms with E-state index in [-0.39, 0.29) is 6.61 Å². The van der Waals surface area contributed by atoms with Gasteiger partial charge in [0.2, 0.25) is 0 Å². The smallest absolute Gasteiger partial charge is 0.129 e. The molecule has 2 aromatic rings. The lowest BCUT2D eigenvalue weighted by Crippen LogP contribution is -2.03. The molecule has 6 heteroatoms. The molecule has 0 aliphatic rings. The van der Waals surface area contributed by atoms with E-state index in [1.165, 1.54) is 0 Å². The zero-order valence-electron chi connectivity index (χ0n) is 10.1. The minimum Gasteiger partial charge on any atom is -0.394 e. The van der Waals surface area contributed by atoms with Crippen LogP contribution in [0, 0.1) is 6.92 Å². The first-order valence-corrected chi connectivity index (χ1v) is 6.06. The molecular weight excluding hydrogens is 252 g/mol. The quantitative estimate of drug-likeness (QED) is 0.811. The monoisotopic (exact) mass is 266 g/mol. The van der Waals surface area contributed by atoms with Gasteiger partial charge in [-0.3, -0.25) is 4.68 Å². The summed E-state index contributed by atoms with van der Waals surface area (Å²) >= 11 is 5.80. The molecule has 0 saturated carbocycles. The molecule has 0 bridgehead atoms. The van der Waals surface area contributed by atoms with Crippen LogP contribution in [0.4, 0.5) is 5.69 Å². The van der Waals surface area contributed by atoms with Crippen molar-refractivity contribution in [3.05, 3.63) is 40.9 Å². The second-order valence-corrected chi connectivity index (χ2v) is 4.34. The summed E-state index contributed by atoms with van der Waals surface area (Å²) in [5.41, 5.74) is 2.87. The average Bonchev–Trinajstić information content (AvgIpc) is 2.76. The lowest BCUT2D eigenvalue weighted by Gasteiger charge is -2.07. The maximum atomic E-state index is 8.80. The molecule has 2 aromatic heterocycles. The van der Waals surface area contributed by atoms with E-state index in [1.54, 1.807) is 16.9 Å². The molecule has 2 heterocycles. The lowest BCUT2D eigenvalue weighted by atomic mass is 10.3. The van der Waals surface area contributed by atoms with E-state index in [9.17, 15) is 0 Å². The van der Waals surface area contributed by atoms with Gasteiger partial charge in [-0.05, 0) is 19.1 Å². The summed E-state index contributed by atoms with van der Waals surface area (Å²) in [7, 11) is 0. The van der Waals surface area contributed by atoms with Crippen molar-refractivity contribution in [3.63, 3.8) is 0 Å². The van der Waals surface area contributed by atoms with Crippen LogP contribution in [-0.4, -0.2) is 26.5 Å². The highest BCUT2D eigenvalue weighted by Gasteiger charge is 2.02. The van der Waals surface area contributed by atoms with Gasteiger partial charge >= 0.3 is 0 Å². The minimum atomic E-state index is 0.0920. The molecular formula is C12H15ClN4O. The van der Waals surface area contributed by atoms with E-state index < -0.39 is 0 Å². The predicted octanol–water partition coefficient (Wildman–Crippen LogP) is 1.84. The van der Waals surface area contributed by atoms with Crippen LogP contribution >= 0.6 is 11.6 Å². The van der Waals surface area contributed by atoms with Gasteiger partial charge in [0.1, 0.15) is 5.15 Å². The molecule has 0 saturated heterocycles. The number of anilines is 1. The van der Waals surface area contributed by atoms with Gasteiger partial charge in [0.25, 0.3) is 0 Å². The number of halogens is 1. The third-order valence-electron chi connectivity index (χ3n) is 2.55. The number of aliphatic hydroxyl groups is 1. The summed E-state index contributed by atoms with van der Waals surface area (Å²) in [5.74, 6) is 0. The number of pyridine rings is 1. The Morgan fingerprint density at radius 3 is 3.00 bits per heavy atom. The molecule has 0 aromatic carbocycles. The second kappa shape index (κ2) is 5.84. The number of hydrogen-bond donors (Lipinski definition) is 2. The van der Waals surface area contributed by atoms with Gasteiger partial charge in [-0.15, -0.1) is 0 Å². The van der Waals surface area contributed by atoms with E-state index >= 15 is 0 Å². The molecule has 0 spiro atoms. The molecule has 5 nitrogen and oxygen atoms in total. The van der Waals surface area contributed by atoms with E-state index in [2.05, 4.69) is 15.4 Å². The highest BCUT2D eigenvalue weighted by molar-refractivity contribution is 6.29. The summed E-state index contributed by atoms with van der Waals surface area (Å²) in [5, 5.41) is 16.7. The molecule has 2 rings (SSSR count). The van der Waals surface area contributed by atoms with Crippen LogP contribution in [0.5, 0.6) is 0 Å². The van der Waals surface area contributed by atoms with E-state index in [0.717, 1.165) is 16.9 Å². The molecule has 2 N–H and O–H groups in total. The van der Waals surface area contributed by atoms with Crippen molar-refractivity contribution in [1.29, 1.82) is 0 Å². The van der Waals surface area contributed by atoms with Crippen LogP contribution in [0.1, 0.15) is 11.3 Å². The van der Waals surface area contributed by atoms with Gasteiger partial charge in [0, 0.05) is 18.3 Å². The van der Waals surface area contributed by atoms with Gasteiger partial charge in [0.15, 0.2) is 0 Å². The first-order valence-electron chi connectivity index (χ1n) is 5.68. The number of nitrogens with one attached hydrogen (secondary N) is 1. The maximum absolute atomic E-state index is 8.80. The van der Waals surface area contributed by atoms with Crippen molar-refractivity contribution < 1.29 is 5.11 Å². The van der Waals surface area contributed by atoms with E-state index in [1.807, 2.05) is 19.2 Å². The fourth-order valence-corrected chi connectivity index (χ4v) is 1.83. The van der Waals surface area contributed by atoms with Gasteiger partial charge < -0.3 is 10.4 Å². The van der Waals surface area contributed by atoms with Crippen molar-refractivity contribution in [1.82, 2.24) is 14.8 Å². The molecule has 0 aliphatic heterocycles. The molecule has 0 atom stereocenters. The predicted molar refractivity (Wildman–Crippen MR) is 70.6 cm³/mol. The highest BCUT2D eigenvalue weighted by atomic mass is 35.5. The molecule has 96 valence electrons. The Balaban J connectivity index is 1.97. The van der Waals surface area contributed by atoms with Gasteiger partial charge in [-0.1, -0.05) is 11.6 Å². The molecule has 0 aliphatic carbocycles. The first-order chi connectivity index (χ1) is 8.69. The third-order valence-corrected chi connectivity index (χ3v) is 2.76. The van der Waals surface area contributed by atoms with Crippen LogP contribution in [0.2, 0.25) is 5.15 Å². The summed E-state index contributed by atoms with van der Waals surface area (Å²) in [6.45, 7) is 3.18. The standard InChI is InChI=1S/C12H15ClN4O/c1-9-11(2-3-12(13)16-9)14-6-10-7-15-17(8-10)4-5-18/h2-3,7-8,14,18H,4-6H2,1H3. The normalized spacial score (nSPS) is 10.6. The zero-order valence-corrected chi connectivity index (χ0v) is 10.9. The summed E-state index contributed by atoms with van der Waals surface area (Å²) in [6.07, 6.45) is 3.68. The zero-order chi connectivity index (χ0) is 13.0. The van der Waals surface area contributed by atoms with Crippen LogP contribution in [-0.2, 0) is 13.1 Å². The average molecular weight is 267 g/mol. The Bertz CT molecular complexity index is 527. The number of nitrogens with zero attached hydrogens (tertiary/aromatic N) is 3. The molecule has 0 unspecified atom stereocenters. The SMILES string of the molecule is Cc1nc(Cl)ccc1NCc1cnn(CCO)c1. The number of rotatable bonds is 5. The first kappa shape index (κ1) is 12.9. The van der Waals surface area contributed by atoms with Crippen molar-refractivity contribution in [2.75, 3.05) is 11.9 Å². The Labute approximate surface area is 110 Å². The van der Waals surface area contributed by atoms with Gasteiger partial charge in [0.05, 0.1) is 30.7 Å². The molecule has 0 radical (unpaired) electrons. The van der Waals surface area contributed by atoms with Crippen molar-refractivity contribution in [2.24, 2.45) is 0 Å². The Morgan fingerprint density at radius 2 is 2.28 bits per heavy atom. The third kappa shape index (κ3) is 3.21. The highest BCUT2D eigenvalue weighted by Crippen LogP contribution is 2.16. The minimum absolute atomic E-state index is 0.0920. The number of aryl methyl sites for hydroxylation is 1. The van der Waals surface area contributed by atoms with Crippen LogP contribution in [0.3, 0.4) is 0 Å². The van der Waals surface area contributed by atoms with Gasteiger partial charge in [-0.2, -0.15) is 5.10 Å². The van der Waals surface area contributed by atoms with Crippen LogP contribution < -0.4 is 5.32 Å². The van der Waals surface area contributed by atoms with Crippen molar-refractivity contribution in [2.45, 2.75) is 20.0 Å². The van der Waals surface area contributed by atoms with Gasteiger partial charge in [-0.25, -0.2) is 4.98 Å². The fraction of sp³-hybridized carbons (Fsp3) is 0.333. The second-order valence-electron chi connectivity index (χ2n) is 3.96. The Kier molecular flexibility index (Phi) is 4.17. The number of aliphatic hydroxyl groups excluding tert-OH is 1. The maximum Gasteiger partial charge on any atom is 0.129 e. The molecule has 18 heavy (non-hydrogen) atoms. The number of aromatic nitrogens is 3. The summed E-state index contributed by atoms with van der Waals surface area (Å²) in [6, 6.07) is 3.66. The Morgan fingerprint density at radius 1 is 1.44 bits per heavy atom. The number of hydrogen-bond acceptors (Lipinski definition) is 4. The largest absolute Gasteiger partial charge is 0.394 e. The topological polar surface area (TPSA) is 63.0 Å². The molecule has 0 amide bonds. The van der Waals surface area contributed by atoms with Crippen molar-refractivity contribution >= 4 is 17.3 Å².